The Labute approximate surface area is 110 Å². The summed E-state index contributed by atoms with van der Waals surface area (Å²) in [6, 6.07) is 2.51. The van der Waals surface area contributed by atoms with E-state index in [0.29, 0.717) is 10.8 Å². The summed E-state index contributed by atoms with van der Waals surface area (Å²) in [6.45, 7) is -3.04. The van der Waals surface area contributed by atoms with Gasteiger partial charge in [0.25, 0.3) is 0 Å². The lowest BCUT2D eigenvalue weighted by atomic mass is 10.1. The van der Waals surface area contributed by atoms with Gasteiger partial charge in [0.05, 0.1) is 13.5 Å². The number of benzene rings is 1. The lowest BCUT2D eigenvalue weighted by Crippen LogP contribution is -2.10. The van der Waals surface area contributed by atoms with Gasteiger partial charge in [0.1, 0.15) is 5.75 Å². The first-order valence-electron chi connectivity index (χ1n) is 4.77. The number of rotatable bonds is 5. The molecule has 0 saturated heterocycles. The van der Waals surface area contributed by atoms with Crippen molar-refractivity contribution in [1.29, 1.82) is 0 Å². The standard InChI is InChI=1S/C11H9BrF2O4/c1-17-10(16)4-6-2-8(12)7(5-15)3-9(6)18-11(13)14/h2-3,5,11H,4H2,1H3. The average molecular weight is 323 g/mol. The van der Waals surface area contributed by atoms with Gasteiger partial charge in [-0.3, -0.25) is 9.59 Å². The Kier molecular flexibility index (Phi) is 5.21. The van der Waals surface area contributed by atoms with Crippen LogP contribution in [0.25, 0.3) is 0 Å². The van der Waals surface area contributed by atoms with E-state index >= 15 is 0 Å². The van der Waals surface area contributed by atoms with Crippen LogP contribution >= 0.6 is 15.9 Å². The summed E-state index contributed by atoms with van der Waals surface area (Å²) in [4.78, 5) is 21.8. The topological polar surface area (TPSA) is 52.6 Å². The number of esters is 1. The zero-order chi connectivity index (χ0) is 13.7. The number of aldehydes is 1. The first-order valence-corrected chi connectivity index (χ1v) is 5.56. The third-order valence-electron chi connectivity index (χ3n) is 2.09. The van der Waals surface area contributed by atoms with Gasteiger partial charge in [0.2, 0.25) is 0 Å². The van der Waals surface area contributed by atoms with E-state index in [-0.39, 0.29) is 23.3 Å². The molecule has 0 aliphatic rings. The molecule has 0 aromatic heterocycles. The maximum Gasteiger partial charge on any atom is 0.387 e. The van der Waals surface area contributed by atoms with Crippen molar-refractivity contribution < 1.29 is 27.8 Å². The van der Waals surface area contributed by atoms with Crippen LogP contribution in [0.2, 0.25) is 0 Å². The fraction of sp³-hybridized carbons (Fsp3) is 0.273. The summed E-state index contributed by atoms with van der Waals surface area (Å²) in [5, 5.41) is 0. The average Bonchev–Trinajstić information content (AvgIpc) is 2.31. The highest BCUT2D eigenvalue weighted by Crippen LogP contribution is 2.28. The number of carbonyl (C=O) groups excluding carboxylic acids is 2. The molecule has 0 fully saturated rings. The molecule has 4 nitrogen and oxygen atoms in total. The molecule has 0 N–H and O–H groups in total. The highest BCUT2D eigenvalue weighted by Gasteiger charge is 2.16. The zero-order valence-electron chi connectivity index (χ0n) is 9.28. The molecule has 7 heteroatoms. The van der Waals surface area contributed by atoms with Gasteiger partial charge in [-0.2, -0.15) is 8.78 Å². The number of alkyl halides is 2. The number of hydrogen-bond donors (Lipinski definition) is 0. The molecule has 0 amide bonds. The van der Waals surface area contributed by atoms with Gasteiger partial charge in [-0.05, 0) is 12.1 Å². The first-order chi connectivity index (χ1) is 8.47. The third-order valence-corrected chi connectivity index (χ3v) is 2.77. The van der Waals surface area contributed by atoms with E-state index in [0.717, 1.165) is 6.07 Å². The van der Waals surface area contributed by atoms with Crippen LogP contribution in [0.1, 0.15) is 15.9 Å². The number of halogens is 3. The number of hydrogen-bond acceptors (Lipinski definition) is 4. The third kappa shape index (κ3) is 3.76. The highest BCUT2D eigenvalue weighted by molar-refractivity contribution is 9.10. The predicted molar refractivity (Wildman–Crippen MR) is 61.9 cm³/mol. The molecule has 0 unspecified atom stereocenters. The monoisotopic (exact) mass is 322 g/mol. The maximum absolute atomic E-state index is 12.2. The van der Waals surface area contributed by atoms with Crippen LogP contribution in [0.5, 0.6) is 5.75 Å². The molecule has 1 aromatic rings. The summed E-state index contributed by atoms with van der Waals surface area (Å²) < 4.78 is 33.5. The fourth-order valence-electron chi connectivity index (χ4n) is 1.27. The van der Waals surface area contributed by atoms with Crippen LogP contribution in [-0.4, -0.2) is 26.0 Å². The molecule has 0 aliphatic carbocycles. The Morgan fingerprint density at radius 3 is 2.67 bits per heavy atom. The summed E-state index contributed by atoms with van der Waals surface area (Å²) in [5.74, 6) is -0.819. The van der Waals surface area contributed by atoms with Crippen molar-refractivity contribution in [3.63, 3.8) is 0 Å². The lowest BCUT2D eigenvalue weighted by molar-refractivity contribution is -0.139. The minimum atomic E-state index is -3.04. The maximum atomic E-state index is 12.2. The van der Waals surface area contributed by atoms with E-state index in [1.165, 1.54) is 13.2 Å². The van der Waals surface area contributed by atoms with Gasteiger partial charge in [-0.15, -0.1) is 0 Å². The van der Waals surface area contributed by atoms with Gasteiger partial charge in [0, 0.05) is 15.6 Å². The molecular formula is C11H9BrF2O4. The highest BCUT2D eigenvalue weighted by atomic mass is 79.9. The molecule has 0 atom stereocenters. The molecule has 0 heterocycles. The second-order valence-corrected chi connectivity index (χ2v) is 4.09. The Morgan fingerprint density at radius 2 is 2.17 bits per heavy atom. The van der Waals surface area contributed by atoms with Crippen LogP contribution < -0.4 is 4.74 Å². The van der Waals surface area contributed by atoms with E-state index in [1.54, 1.807) is 0 Å². The second-order valence-electron chi connectivity index (χ2n) is 3.23. The summed E-state index contributed by atoms with van der Waals surface area (Å²) >= 11 is 3.09. The quantitative estimate of drug-likeness (QED) is 0.617. The van der Waals surface area contributed by atoms with Gasteiger partial charge in [0.15, 0.2) is 6.29 Å². The first kappa shape index (κ1) is 14.6. The van der Waals surface area contributed by atoms with Crippen LogP contribution in [0.4, 0.5) is 8.78 Å². The minimum Gasteiger partial charge on any atom is -0.469 e. The fourth-order valence-corrected chi connectivity index (χ4v) is 1.76. The Bertz CT molecular complexity index is 463. The van der Waals surface area contributed by atoms with Crippen LogP contribution in [0.15, 0.2) is 16.6 Å². The smallest absolute Gasteiger partial charge is 0.387 e. The minimum absolute atomic E-state index is 0.152. The Morgan fingerprint density at radius 1 is 1.50 bits per heavy atom. The summed E-state index contributed by atoms with van der Waals surface area (Å²) in [6.07, 6.45) is 0.265. The van der Waals surface area contributed by atoms with Crippen molar-refractivity contribution >= 4 is 28.2 Å². The van der Waals surface area contributed by atoms with Crippen molar-refractivity contribution in [1.82, 2.24) is 0 Å². The number of ether oxygens (including phenoxy) is 2. The molecule has 0 aliphatic heterocycles. The van der Waals surface area contributed by atoms with E-state index in [2.05, 4.69) is 25.4 Å². The van der Waals surface area contributed by atoms with Gasteiger partial charge in [-0.25, -0.2) is 0 Å². The van der Waals surface area contributed by atoms with E-state index < -0.39 is 12.6 Å². The summed E-state index contributed by atoms with van der Waals surface area (Å²) in [5.41, 5.74) is 0.360. The zero-order valence-corrected chi connectivity index (χ0v) is 10.9. The van der Waals surface area contributed by atoms with Crippen LogP contribution in [-0.2, 0) is 16.0 Å². The van der Waals surface area contributed by atoms with Gasteiger partial charge in [-0.1, -0.05) is 15.9 Å². The van der Waals surface area contributed by atoms with E-state index in [4.69, 9.17) is 0 Å². The molecular weight excluding hydrogens is 314 g/mol. The number of methoxy groups -OCH3 is 1. The molecule has 0 spiro atoms. The van der Waals surface area contributed by atoms with Gasteiger partial charge >= 0.3 is 12.6 Å². The lowest BCUT2D eigenvalue weighted by Gasteiger charge is -2.11. The number of carbonyl (C=O) groups is 2. The Balaban J connectivity index is 3.16. The van der Waals surface area contributed by atoms with Crippen molar-refractivity contribution in [2.45, 2.75) is 13.0 Å². The molecule has 0 radical (unpaired) electrons. The Hall–Kier alpha value is -1.50. The van der Waals surface area contributed by atoms with E-state index in [9.17, 15) is 18.4 Å². The van der Waals surface area contributed by atoms with Crippen molar-refractivity contribution in [3.05, 3.63) is 27.7 Å². The van der Waals surface area contributed by atoms with Crippen molar-refractivity contribution in [2.75, 3.05) is 7.11 Å². The molecule has 98 valence electrons. The van der Waals surface area contributed by atoms with Crippen molar-refractivity contribution in [3.8, 4) is 5.75 Å². The molecule has 18 heavy (non-hydrogen) atoms. The molecule has 1 rings (SSSR count). The molecule has 1 aromatic carbocycles. The van der Waals surface area contributed by atoms with E-state index in [1.807, 2.05) is 0 Å². The van der Waals surface area contributed by atoms with Crippen LogP contribution in [0, 0.1) is 0 Å². The van der Waals surface area contributed by atoms with Crippen LogP contribution in [0.3, 0.4) is 0 Å². The van der Waals surface area contributed by atoms with Crippen molar-refractivity contribution in [2.24, 2.45) is 0 Å². The summed E-state index contributed by atoms with van der Waals surface area (Å²) in [7, 11) is 1.19. The SMILES string of the molecule is COC(=O)Cc1cc(Br)c(C=O)cc1OC(F)F. The second kappa shape index (κ2) is 6.44. The normalized spacial score (nSPS) is 10.3. The largest absolute Gasteiger partial charge is 0.469 e. The molecule has 0 bridgehead atoms. The molecule has 0 saturated carbocycles. The predicted octanol–water partition coefficient (Wildman–Crippen LogP) is 2.58. The van der Waals surface area contributed by atoms with Gasteiger partial charge < -0.3 is 9.47 Å².